The van der Waals surface area contributed by atoms with E-state index in [0.717, 1.165) is 19.4 Å². The molecule has 0 unspecified atom stereocenters. The summed E-state index contributed by atoms with van der Waals surface area (Å²) >= 11 is 0. The first-order chi connectivity index (χ1) is 7.09. The molecule has 4 heteroatoms. The van der Waals surface area contributed by atoms with Gasteiger partial charge in [-0.3, -0.25) is 4.79 Å². The molecule has 0 bridgehead atoms. The molecule has 2 atom stereocenters. The van der Waals surface area contributed by atoms with Crippen molar-refractivity contribution in [1.29, 1.82) is 0 Å². The fourth-order valence-corrected chi connectivity index (χ4v) is 2.28. The largest absolute Gasteiger partial charge is 0.453 e. The van der Waals surface area contributed by atoms with Crippen molar-refractivity contribution in [3.05, 3.63) is 11.6 Å². The maximum Gasteiger partial charge on any atom is 0.334 e. The second-order valence-corrected chi connectivity index (χ2v) is 4.14. The summed E-state index contributed by atoms with van der Waals surface area (Å²) in [5, 5.41) is 0. The quantitative estimate of drug-likeness (QED) is 0.602. The van der Waals surface area contributed by atoms with Crippen LogP contribution in [0.4, 0.5) is 0 Å². The van der Waals surface area contributed by atoms with Gasteiger partial charge in [-0.05, 0) is 25.8 Å². The van der Waals surface area contributed by atoms with E-state index in [1.807, 2.05) is 6.08 Å². The van der Waals surface area contributed by atoms with E-state index in [-0.39, 0.29) is 24.0 Å². The van der Waals surface area contributed by atoms with Gasteiger partial charge in [0, 0.05) is 19.0 Å². The Morgan fingerprint density at radius 3 is 2.87 bits per heavy atom. The molecule has 1 fully saturated rings. The van der Waals surface area contributed by atoms with Crippen LogP contribution in [0.15, 0.2) is 11.6 Å². The number of carbonyl (C=O) groups is 2. The normalized spacial score (nSPS) is 30.4. The van der Waals surface area contributed by atoms with Crippen LogP contribution in [0.1, 0.15) is 26.7 Å². The smallest absolute Gasteiger partial charge is 0.334 e. The first-order valence-electron chi connectivity index (χ1n) is 5.26. The van der Waals surface area contributed by atoms with E-state index in [1.54, 1.807) is 18.7 Å². The van der Waals surface area contributed by atoms with Gasteiger partial charge in [-0.15, -0.1) is 0 Å². The van der Waals surface area contributed by atoms with Crippen molar-refractivity contribution < 1.29 is 14.3 Å². The molecule has 4 nitrogen and oxygen atoms in total. The number of hydrogen-bond acceptors (Lipinski definition) is 3. The van der Waals surface area contributed by atoms with E-state index < -0.39 is 0 Å². The van der Waals surface area contributed by atoms with Gasteiger partial charge >= 0.3 is 5.97 Å². The van der Waals surface area contributed by atoms with Crippen molar-refractivity contribution in [3.8, 4) is 0 Å². The van der Waals surface area contributed by atoms with E-state index in [9.17, 15) is 9.59 Å². The minimum atomic E-state index is -0.254. The molecule has 0 saturated carbocycles. The Morgan fingerprint density at radius 1 is 1.60 bits per heavy atom. The lowest BCUT2D eigenvalue weighted by Crippen LogP contribution is -2.41. The molecule has 0 radical (unpaired) electrons. The number of rotatable bonds is 1. The van der Waals surface area contributed by atoms with Gasteiger partial charge < -0.3 is 9.64 Å². The molecule has 2 rings (SSSR count). The average Bonchev–Trinajstić information content (AvgIpc) is 2.73. The minimum absolute atomic E-state index is 0.0453. The number of ether oxygens (including phenoxy) is 1. The van der Waals surface area contributed by atoms with Gasteiger partial charge in [0.2, 0.25) is 5.91 Å². The van der Waals surface area contributed by atoms with Crippen LogP contribution in [-0.2, 0) is 14.3 Å². The van der Waals surface area contributed by atoms with Crippen molar-refractivity contribution in [2.75, 3.05) is 6.54 Å². The van der Waals surface area contributed by atoms with Crippen LogP contribution in [0.2, 0.25) is 0 Å². The van der Waals surface area contributed by atoms with Gasteiger partial charge in [0.15, 0.2) is 0 Å². The van der Waals surface area contributed by atoms with Crippen molar-refractivity contribution >= 4 is 11.9 Å². The zero-order valence-electron chi connectivity index (χ0n) is 9.03. The summed E-state index contributed by atoms with van der Waals surface area (Å²) in [5.41, 5.74) is 0.649. The number of hydrogen-bond donors (Lipinski definition) is 0. The van der Waals surface area contributed by atoms with E-state index in [2.05, 4.69) is 0 Å². The Morgan fingerprint density at radius 2 is 2.33 bits per heavy atom. The Labute approximate surface area is 88.9 Å². The number of carbonyl (C=O) groups excluding carboxylic acids is 2. The predicted octanol–water partition coefficient (Wildman–Crippen LogP) is 0.869. The zero-order chi connectivity index (χ0) is 11.0. The topological polar surface area (TPSA) is 46.6 Å². The van der Waals surface area contributed by atoms with Gasteiger partial charge in [0.25, 0.3) is 0 Å². The van der Waals surface area contributed by atoms with Gasteiger partial charge in [-0.2, -0.15) is 0 Å². The zero-order valence-corrected chi connectivity index (χ0v) is 9.03. The Kier molecular flexibility index (Phi) is 2.50. The number of likely N-dealkylation sites (tertiary alicyclic amines) is 1. The number of amides is 1. The molecule has 1 saturated heterocycles. The lowest BCUT2D eigenvalue weighted by atomic mass is 10.1. The van der Waals surface area contributed by atoms with E-state index in [4.69, 9.17) is 4.74 Å². The summed E-state index contributed by atoms with van der Waals surface area (Å²) in [7, 11) is 0. The number of nitrogens with zero attached hydrogens (tertiary/aromatic N) is 1. The maximum absolute atomic E-state index is 11.3. The second kappa shape index (κ2) is 3.68. The highest BCUT2D eigenvalue weighted by Crippen LogP contribution is 2.27. The van der Waals surface area contributed by atoms with Gasteiger partial charge in [-0.1, -0.05) is 0 Å². The molecular weight excluding hydrogens is 194 g/mol. The third kappa shape index (κ3) is 1.76. The number of esters is 1. The molecule has 2 heterocycles. The lowest BCUT2D eigenvalue weighted by Gasteiger charge is -2.26. The maximum atomic E-state index is 11.3. The third-order valence-electron chi connectivity index (χ3n) is 3.06. The lowest BCUT2D eigenvalue weighted by molar-refractivity contribution is -0.144. The minimum Gasteiger partial charge on any atom is -0.453 e. The Hall–Kier alpha value is -1.32. The van der Waals surface area contributed by atoms with Crippen LogP contribution in [-0.4, -0.2) is 35.5 Å². The van der Waals surface area contributed by atoms with Gasteiger partial charge in [0.1, 0.15) is 6.10 Å². The first-order valence-corrected chi connectivity index (χ1v) is 5.26. The van der Waals surface area contributed by atoms with Crippen molar-refractivity contribution in [2.24, 2.45) is 0 Å². The second-order valence-electron chi connectivity index (χ2n) is 4.14. The summed E-state index contributed by atoms with van der Waals surface area (Å²) in [5.74, 6) is -0.193. The highest BCUT2D eigenvalue weighted by atomic mass is 16.5. The summed E-state index contributed by atoms with van der Waals surface area (Å²) in [4.78, 5) is 24.4. The van der Waals surface area contributed by atoms with Gasteiger partial charge in [0.05, 0.1) is 6.04 Å². The molecule has 0 aromatic heterocycles. The monoisotopic (exact) mass is 209 g/mol. The number of cyclic esters (lactones) is 1. The molecule has 0 aromatic carbocycles. The van der Waals surface area contributed by atoms with E-state index in [1.165, 1.54) is 0 Å². The molecule has 2 aliphatic rings. The van der Waals surface area contributed by atoms with Crippen LogP contribution in [0.5, 0.6) is 0 Å². The van der Waals surface area contributed by atoms with Crippen LogP contribution < -0.4 is 0 Å². The Bertz CT molecular complexity index is 335. The van der Waals surface area contributed by atoms with Crippen LogP contribution in [0.3, 0.4) is 0 Å². The van der Waals surface area contributed by atoms with E-state index in [0.29, 0.717) is 5.57 Å². The molecule has 1 amide bonds. The predicted molar refractivity (Wildman–Crippen MR) is 54.0 cm³/mol. The molecule has 0 N–H and O–H groups in total. The average molecular weight is 209 g/mol. The van der Waals surface area contributed by atoms with Crippen LogP contribution in [0, 0.1) is 0 Å². The van der Waals surface area contributed by atoms with Crippen LogP contribution >= 0.6 is 0 Å². The summed E-state index contributed by atoms with van der Waals surface area (Å²) in [6, 6.07) is 0.0453. The van der Waals surface area contributed by atoms with Gasteiger partial charge in [-0.25, -0.2) is 4.79 Å². The summed E-state index contributed by atoms with van der Waals surface area (Å²) in [6.45, 7) is 4.09. The molecule has 0 spiro atoms. The van der Waals surface area contributed by atoms with Crippen molar-refractivity contribution in [2.45, 2.75) is 38.8 Å². The van der Waals surface area contributed by atoms with Crippen LogP contribution in [0.25, 0.3) is 0 Å². The molecule has 2 aliphatic heterocycles. The molecule has 82 valence electrons. The Balaban J connectivity index is 2.11. The van der Waals surface area contributed by atoms with E-state index >= 15 is 0 Å². The fraction of sp³-hybridized carbons (Fsp3) is 0.636. The molecular formula is C11H15NO3. The molecule has 0 aromatic rings. The SMILES string of the molecule is CC(=O)N1CCC[C@@H]1[C@H]1C=C(C)C(=O)O1. The summed E-state index contributed by atoms with van der Waals surface area (Å²) < 4.78 is 5.21. The first kappa shape index (κ1) is 10.2. The van der Waals surface area contributed by atoms with Crippen molar-refractivity contribution in [3.63, 3.8) is 0 Å². The third-order valence-corrected chi connectivity index (χ3v) is 3.06. The van der Waals surface area contributed by atoms with Crippen molar-refractivity contribution in [1.82, 2.24) is 4.90 Å². The molecule has 15 heavy (non-hydrogen) atoms. The molecule has 0 aliphatic carbocycles. The highest BCUT2D eigenvalue weighted by Gasteiger charge is 2.37. The highest BCUT2D eigenvalue weighted by molar-refractivity contribution is 5.90. The fourth-order valence-electron chi connectivity index (χ4n) is 2.28. The summed E-state index contributed by atoms with van der Waals surface area (Å²) in [6.07, 6.45) is 3.50. The standard InChI is InChI=1S/C11H15NO3/c1-7-6-10(15-11(7)14)9-4-3-5-12(9)8(2)13/h6,9-10H,3-5H2,1-2H3/t9-,10-/m1/s1.